The van der Waals surface area contributed by atoms with Gasteiger partial charge >= 0.3 is 0 Å². The predicted molar refractivity (Wildman–Crippen MR) is 79.3 cm³/mol. The molecule has 0 atom stereocenters. The summed E-state index contributed by atoms with van der Waals surface area (Å²) >= 11 is 0. The van der Waals surface area contributed by atoms with Gasteiger partial charge in [-0.3, -0.25) is 0 Å². The second-order valence-electron chi connectivity index (χ2n) is 4.67. The summed E-state index contributed by atoms with van der Waals surface area (Å²) in [7, 11) is 0. The molecule has 20 heavy (non-hydrogen) atoms. The second kappa shape index (κ2) is 5.13. The van der Waals surface area contributed by atoms with E-state index in [0.717, 1.165) is 28.1 Å². The number of rotatable bonds is 2. The van der Waals surface area contributed by atoms with Gasteiger partial charge < -0.3 is 5.11 Å². The molecule has 0 saturated heterocycles. The van der Waals surface area contributed by atoms with Crippen molar-refractivity contribution in [2.45, 2.75) is 6.92 Å². The Kier molecular flexibility index (Phi) is 3.17. The van der Waals surface area contributed by atoms with Crippen LogP contribution >= 0.6 is 0 Å². The number of hydrogen-bond donors (Lipinski definition) is 1. The summed E-state index contributed by atoms with van der Waals surface area (Å²) in [4.78, 5) is 0. The van der Waals surface area contributed by atoms with E-state index >= 15 is 0 Å². The van der Waals surface area contributed by atoms with Crippen molar-refractivity contribution in [1.29, 1.82) is 0 Å². The Hall–Kier alpha value is -2.68. The van der Waals surface area contributed by atoms with Gasteiger partial charge in [-0.05, 0) is 42.8 Å². The highest BCUT2D eigenvalue weighted by Gasteiger charge is 2.06. The summed E-state index contributed by atoms with van der Waals surface area (Å²) in [5.74, 6) is 0.264. The Morgan fingerprint density at radius 3 is 2.15 bits per heavy atom. The fourth-order valence-electron chi connectivity index (χ4n) is 2.17. The number of benzene rings is 2. The molecule has 3 nitrogen and oxygen atoms in total. The quantitative estimate of drug-likeness (QED) is 0.763. The SMILES string of the molecule is Cc1cc(O)ccc1-c1ccc(-c2ccccc2)nn1. The number of phenols is 1. The van der Waals surface area contributed by atoms with Crippen LogP contribution in [0.5, 0.6) is 5.75 Å². The standard InChI is InChI=1S/C17H14N2O/c1-12-11-14(20)7-8-15(12)17-10-9-16(18-19-17)13-5-3-2-4-6-13/h2-11,20H,1H3. The minimum Gasteiger partial charge on any atom is -0.508 e. The normalized spacial score (nSPS) is 10.4. The van der Waals surface area contributed by atoms with Crippen molar-refractivity contribution in [3.8, 4) is 28.3 Å². The molecule has 3 heteroatoms. The Morgan fingerprint density at radius 2 is 1.50 bits per heavy atom. The summed E-state index contributed by atoms with van der Waals surface area (Å²) in [5.41, 5.74) is 4.67. The summed E-state index contributed by atoms with van der Waals surface area (Å²) < 4.78 is 0. The monoisotopic (exact) mass is 262 g/mol. The lowest BCUT2D eigenvalue weighted by molar-refractivity contribution is 0.475. The number of aromatic hydroxyl groups is 1. The zero-order chi connectivity index (χ0) is 13.9. The van der Waals surface area contributed by atoms with Crippen LogP contribution in [-0.2, 0) is 0 Å². The first-order valence-electron chi connectivity index (χ1n) is 6.43. The first-order valence-corrected chi connectivity index (χ1v) is 6.43. The highest BCUT2D eigenvalue weighted by molar-refractivity contribution is 5.66. The molecule has 0 spiro atoms. The van der Waals surface area contributed by atoms with E-state index in [-0.39, 0.29) is 5.75 Å². The second-order valence-corrected chi connectivity index (χ2v) is 4.67. The van der Waals surface area contributed by atoms with Crippen LogP contribution < -0.4 is 0 Å². The van der Waals surface area contributed by atoms with Gasteiger partial charge in [0.25, 0.3) is 0 Å². The maximum absolute atomic E-state index is 9.44. The summed E-state index contributed by atoms with van der Waals surface area (Å²) in [6.45, 7) is 1.95. The molecule has 0 saturated carbocycles. The molecule has 0 bridgehead atoms. The van der Waals surface area contributed by atoms with E-state index in [4.69, 9.17) is 0 Å². The smallest absolute Gasteiger partial charge is 0.115 e. The molecule has 0 aliphatic carbocycles. The van der Waals surface area contributed by atoms with Gasteiger partial charge in [0.2, 0.25) is 0 Å². The van der Waals surface area contributed by atoms with Gasteiger partial charge in [0.05, 0.1) is 11.4 Å². The molecule has 98 valence electrons. The van der Waals surface area contributed by atoms with Crippen LogP contribution in [0.4, 0.5) is 0 Å². The fraction of sp³-hybridized carbons (Fsp3) is 0.0588. The third-order valence-corrected chi connectivity index (χ3v) is 3.22. The Labute approximate surface area is 117 Å². The summed E-state index contributed by atoms with van der Waals surface area (Å²) in [6.07, 6.45) is 0. The van der Waals surface area contributed by atoms with Gasteiger partial charge in [-0.2, -0.15) is 0 Å². The van der Waals surface area contributed by atoms with Crippen molar-refractivity contribution in [3.05, 3.63) is 66.2 Å². The van der Waals surface area contributed by atoms with Crippen molar-refractivity contribution in [3.63, 3.8) is 0 Å². The molecule has 0 radical (unpaired) electrons. The van der Waals surface area contributed by atoms with Crippen LogP contribution in [0.3, 0.4) is 0 Å². The molecule has 0 unspecified atom stereocenters. The number of aromatic nitrogens is 2. The van der Waals surface area contributed by atoms with Crippen molar-refractivity contribution >= 4 is 0 Å². The molecular weight excluding hydrogens is 248 g/mol. The van der Waals surface area contributed by atoms with E-state index in [9.17, 15) is 5.11 Å². The van der Waals surface area contributed by atoms with Crippen LogP contribution in [0.1, 0.15) is 5.56 Å². The van der Waals surface area contributed by atoms with E-state index in [1.54, 1.807) is 12.1 Å². The lowest BCUT2D eigenvalue weighted by Crippen LogP contribution is -1.92. The Bertz CT molecular complexity index is 722. The topological polar surface area (TPSA) is 46.0 Å². The average molecular weight is 262 g/mol. The minimum atomic E-state index is 0.264. The molecule has 0 amide bonds. The maximum Gasteiger partial charge on any atom is 0.115 e. The average Bonchev–Trinajstić information content (AvgIpc) is 2.48. The number of aryl methyl sites for hydroxylation is 1. The van der Waals surface area contributed by atoms with Crippen molar-refractivity contribution in [2.75, 3.05) is 0 Å². The van der Waals surface area contributed by atoms with Gasteiger partial charge in [-0.15, -0.1) is 10.2 Å². The summed E-state index contributed by atoms with van der Waals surface area (Å²) in [6, 6.07) is 19.1. The van der Waals surface area contributed by atoms with E-state index in [0.29, 0.717) is 0 Å². The minimum absolute atomic E-state index is 0.264. The van der Waals surface area contributed by atoms with Crippen LogP contribution in [-0.4, -0.2) is 15.3 Å². The van der Waals surface area contributed by atoms with Gasteiger partial charge in [0, 0.05) is 11.1 Å². The highest BCUT2D eigenvalue weighted by Crippen LogP contribution is 2.25. The summed E-state index contributed by atoms with van der Waals surface area (Å²) in [5, 5.41) is 18.0. The van der Waals surface area contributed by atoms with Gasteiger partial charge in [-0.25, -0.2) is 0 Å². The van der Waals surface area contributed by atoms with Gasteiger partial charge in [0.15, 0.2) is 0 Å². The van der Waals surface area contributed by atoms with Crippen LogP contribution in [0.2, 0.25) is 0 Å². The molecular formula is C17H14N2O. The van der Waals surface area contributed by atoms with E-state index in [1.807, 2.05) is 55.5 Å². The Balaban J connectivity index is 1.97. The van der Waals surface area contributed by atoms with Crippen molar-refractivity contribution in [1.82, 2.24) is 10.2 Å². The van der Waals surface area contributed by atoms with Crippen LogP contribution in [0.25, 0.3) is 22.5 Å². The van der Waals surface area contributed by atoms with Crippen LogP contribution in [0.15, 0.2) is 60.7 Å². The first kappa shape index (κ1) is 12.4. The number of nitrogens with zero attached hydrogens (tertiary/aromatic N) is 2. The van der Waals surface area contributed by atoms with E-state index in [1.165, 1.54) is 0 Å². The molecule has 0 aliphatic heterocycles. The molecule has 0 aliphatic rings. The molecule has 0 fully saturated rings. The number of hydrogen-bond acceptors (Lipinski definition) is 3. The van der Waals surface area contributed by atoms with Crippen molar-refractivity contribution < 1.29 is 5.11 Å². The van der Waals surface area contributed by atoms with E-state index < -0.39 is 0 Å². The highest BCUT2D eigenvalue weighted by atomic mass is 16.3. The third kappa shape index (κ3) is 2.38. The fourth-order valence-corrected chi connectivity index (χ4v) is 2.17. The molecule has 1 aromatic heterocycles. The van der Waals surface area contributed by atoms with E-state index in [2.05, 4.69) is 10.2 Å². The largest absolute Gasteiger partial charge is 0.508 e. The molecule has 2 aromatic carbocycles. The lowest BCUT2D eigenvalue weighted by Gasteiger charge is -2.06. The third-order valence-electron chi connectivity index (χ3n) is 3.22. The predicted octanol–water partition coefficient (Wildman–Crippen LogP) is 3.82. The van der Waals surface area contributed by atoms with Gasteiger partial charge in [0.1, 0.15) is 5.75 Å². The van der Waals surface area contributed by atoms with Crippen molar-refractivity contribution in [2.24, 2.45) is 0 Å². The maximum atomic E-state index is 9.44. The molecule has 1 heterocycles. The first-order chi connectivity index (χ1) is 9.74. The van der Waals surface area contributed by atoms with Crippen LogP contribution in [0, 0.1) is 6.92 Å². The lowest BCUT2D eigenvalue weighted by atomic mass is 10.0. The zero-order valence-corrected chi connectivity index (χ0v) is 11.1. The molecule has 3 rings (SSSR count). The molecule has 3 aromatic rings. The Morgan fingerprint density at radius 1 is 0.800 bits per heavy atom. The zero-order valence-electron chi connectivity index (χ0n) is 11.1. The number of phenolic OH excluding ortho intramolecular Hbond substituents is 1. The molecule has 1 N–H and O–H groups in total. The van der Waals surface area contributed by atoms with Gasteiger partial charge in [-0.1, -0.05) is 30.3 Å².